The van der Waals surface area contributed by atoms with Crippen LogP contribution in [0.15, 0.2) is 12.2 Å². The van der Waals surface area contributed by atoms with Crippen LogP contribution in [0.25, 0.3) is 0 Å². The van der Waals surface area contributed by atoms with Gasteiger partial charge in [0, 0.05) is 6.42 Å². The molecule has 0 saturated carbocycles. The Labute approximate surface area is 380 Å². The molecule has 61 heavy (non-hydrogen) atoms. The van der Waals surface area contributed by atoms with E-state index >= 15 is 0 Å². The van der Waals surface area contributed by atoms with Crippen molar-refractivity contribution >= 4 is 11.9 Å². The molecule has 0 radical (unpaired) electrons. The van der Waals surface area contributed by atoms with Crippen LogP contribution in [0.1, 0.15) is 303 Å². The number of carbonyl (C=O) groups excluding carboxylic acids is 2. The van der Waals surface area contributed by atoms with Gasteiger partial charge < -0.3 is 20.3 Å². The monoisotopic (exact) mass is 862 g/mol. The molecule has 0 aromatic carbocycles. The first-order valence-corrected chi connectivity index (χ1v) is 27.4. The Morgan fingerprint density at radius 2 is 0.803 bits per heavy atom. The zero-order chi connectivity index (χ0) is 44.5. The molecule has 6 heteroatoms. The van der Waals surface area contributed by atoms with Crippen LogP contribution in [0, 0.1) is 0 Å². The molecule has 1 amide bonds. The number of esters is 1. The van der Waals surface area contributed by atoms with Crippen LogP contribution in [0.5, 0.6) is 0 Å². The van der Waals surface area contributed by atoms with Crippen LogP contribution >= 0.6 is 0 Å². The second-order valence-corrected chi connectivity index (χ2v) is 19.0. The average Bonchev–Trinajstić information content (AvgIpc) is 3.25. The van der Waals surface area contributed by atoms with Gasteiger partial charge in [-0.25, -0.2) is 0 Å². The summed E-state index contributed by atoms with van der Waals surface area (Å²) in [6, 6.07) is -0.703. The average molecular weight is 862 g/mol. The maximum atomic E-state index is 13.2. The van der Waals surface area contributed by atoms with E-state index in [1.165, 1.54) is 205 Å². The van der Waals surface area contributed by atoms with E-state index in [1.54, 1.807) is 0 Å². The van der Waals surface area contributed by atoms with Gasteiger partial charge in [0.25, 0.3) is 0 Å². The standard InChI is InChI=1S/C55H107NO5/c1-4-7-10-13-16-19-22-24-26-28-29-32-35-38-41-44-47-53(58)52(50-57)56-54(59)49-51(46-43-40-37-34-31-21-18-15-12-9-6-3)61-55(60)48-45-42-39-36-33-30-27-25-23-20-17-14-11-8-5-2/h34,37,51-53,57-58H,4-33,35-36,38-50H2,1-3H3,(H,56,59)/b37-34-. The van der Waals surface area contributed by atoms with Gasteiger partial charge in [-0.15, -0.1) is 0 Å². The number of unbranched alkanes of at least 4 members (excludes halogenated alkanes) is 36. The largest absolute Gasteiger partial charge is 0.462 e. The maximum Gasteiger partial charge on any atom is 0.306 e. The van der Waals surface area contributed by atoms with Crippen molar-refractivity contribution in [2.24, 2.45) is 0 Å². The molecular formula is C55H107NO5. The molecule has 0 aliphatic rings. The zero-order valence-electron chi connectivity index (χ0n) is 41.3. The van der Waals surface area contributed by atoms with E-state index in [-0.39, 0.29) is 24.9 Å². The first kappa shape index (κ1) is 59.6. The van der Waals surface area contributed by atoms with E-state index in [0.717, 1.165) is 51.4 Å². The lowest BCUT2D eigenvalue weighted by Crippen LogP contribution is -2.46. The van der Waals surface area contributed by atoms with Gasteiger partial charge in [0.15, 0.2) is 0 Å². The fourth-order valence-corrected chi connectivity index (χ4v) is 8.67. The highest BCUT2D eigenvalue weighted by atomic mass is 16.5. The van der Waals surface area contributed by atoms with Gasteiger partial charge in [-0.3, -0.25) is 9.59 Å². The highest BCUT2D eigenvalue weighted by Gasteiger charge is 2.24. The van der Waals surface area contributed by atoms with Crippen molar-refractivity contribution in [2.45, 2.75) is 322 Å². The number of aliphatic hydroxyl groups is 2. The molecule has 0 rings (SSSR count). The van der Waals surface area contributed by atoms with E-state index in [9.17, 15) is 19.8 Å². The first-order valence-electron chi connectivity index (χ1n) is 27.4. The summed E-state index contributed by atoms with van der Waals surface area (Å²) in [6.07, 6.45) is 55.7. The fraction of sp³-hybridized carbons (Fsp3) is 0.927. The van der Waals surface area contributed by atoms with Crippen molar-refractivity contribution in [1.82, 2.24) is 5.32 Å². The highest BCUT2D eigenvalue weighted by Crippen LogP contribution is 2.18. The van der Waals surface area contributed by atoms with Gasteiger partial charge in [0.2, 0.25) is 5.91 Å². The van der Waals surface area contributed by atoms with Gasteiger partial charge in [-0.2, -0.15) is 0 Å². The molecule has 0 fully saturated rings. The summed E-state index contributed by atoms with van der Waals surface area (Å²) in [5.41, 5.74) is 0. The Kier molecular flexibility index (Phi) is 48.5. The van der Waals surface area contributed by atoms with E-state index in [1.807, 2.05) is 0 Å². The molecule has 0 spiro atoms. The summed E-state index contributed by atoms with van der Waals surface area (Å²) >= 11 is 0. The van der Waals surface area contributed by atoms with E-state index in [2.05, 4.69) is 38.2 Å². The summed E-state index contributed by atoms with van der Waals surface area (Å²) in [5, 5.41) is 23.8. The summed E-state index contributed by atoms with van der Waals surface area (Å²) < 4.78 is 5.92. The van der Waals surface area contributed by atoms with Gasteiger partial charge in [0.05, 0.1) is 25.2 Å². The van der Waals surface area contributed by atoms with Crippen LogP contribution in [0.2, 0.25) is 0 Å². The Morgan fingerprint density at radius 1 is 0.459 bits per heavy atom. The molecule has 0 bridgehead atoms. The minimum atomic E-state index is -0.788. The summed E-state index contributed by atoms with van der Waals surface area (Å²) in [5.74, 6) is -0.484. The molecule has 0 aliphatic carbocycles. The molecule has 3 unspecified atom stereocenters. The summed E-state index contributed by atoms with van der Waals surface area (Å²) in [7, 11) is 0. The van der Waals surface area contributed by atoms with Crippen LogP contribution in [0.4, 0.5) is 0 Å². The van der Waals surface area contributed by atoms with Crippen molar-refractivity contribution in [3.63, 3.8) is 0 Å². The second-order valence-electron chi connectivity index (χ2n) is 19.0. The predicted octanol–water partition coefficient (Wildman–Crippen LogP) is 16.5. The van der Waals surface area contributed by atoms with Crippen molar-refractivity contribution in [1.29, 1.82) is 0 Å². The lowest BCUT2D eigenvalue weighted by Gasteiger charge is -2.24. The SMILES string of the molecule is CCCCCCCC/C=C\CCCC(CC(=O)NC(CO)C(O)CCCCCCCCCCCCCCCCCC)OC(=O)CCCCCCCCCCCCCCCCC. The Balaban J connectivity index is 4.46. The fourth-order valence-electron chi connectivity index (χ4n) is 8.67. The summed E-state index contributed by atoms with van der Waals surface area (Å²) in [4.78, 5) is 26.1. The van der Waals surface area contributed by atoms with Crippen LogP contribution in [-0.4, -0.2) is 46.9 Å². The quantitative estimate of drug-likeness (QED) is 0.0322. The van der Waals surface area contributed by atoms with E-state index in [0.29, 0.717) is 19.3 Å². The molecule has 6 nitrogen and oxygen atoms in total. The number of hydrogen-bond donors (Lipinski definition) is 3. The van der Waals surface area contributed by atoms with Crippen molar-refractivity contribution < 1.29 is 24.5 Å². The molecule has 0 aromatic rings. The van der Waals surface area contributed by atoms with Crippen LogP contribution in [-0.2, 0) is 14.3 Å². The number of nitrogens with one attached hydrogen (secondary N) is 1. The summed E-state index contributed by atoms with van der Waals surface area (Å²) in [6.45, 7) is 6.50. The Bertz CT molecular complexity index is 924. The Morgan fingerprint density at radius 3 is 1.20 bits per heavy atom. The Hall–Kier alpha value is -1.40. The zero-order valence-corrected chi connectivity index (χ0v) is 41.3. The van der Waals surface area contributed by atoms with Gasteiger partial charge in [-0.05, 0) is 44.9 Å². The number of carbonyl (C=O) groups is 2. The van der Waals surface area contributed by atoms with Gasteiger partial charge in [0.1, 0.15) is 6.10 Å². The molecule has 0 saturated heterocycles. The third-order valence-corrected chi connectivity index (χ3v) is 12.8. The van der Waals surface area contributed by atoms with Crippen LogP contribution in [0.3, 0.4) is 0 Å². The maximum absolute atomic E-state index is 13.2. The smallest absolute Gasteiger partial charge is 0.306 e. The number of aliphatic hydroxyl groups excluding tert-OH is 2. The predicted molar refractivity (Wildman–Crippen MR) is 264 cm³/mol. The molecule has 3 atom stereocenters. The number of amides is 1. The third kappa shape index (κ3) is 45.0. The van der Waals surface area contributed by atoms with E-state index in [4.69, 9.17) is 4.74 Å². The topological polar surface area (TPSA) is 95.9 Å². The van der Waals surface area contributed by atoms with Crippen molar-refractivity contribution in [3.8, 4) is 0 Å². The minimum absolute atomic E-state index is 0.0638. The van der Waals surface area contributed by atoms with E-state index < -0.39 is 18.2 Å². The van der Waals surface area contributed by atoms with Crippen LogP contribution < -0.4 is 5.32 Å². The molecule has 3 N–H and O–H groups in total. The number of ether oxygens (including phenoxy) is 1. The molecule has 362 valence electrons. The minimum Gasteiger partial charge on any atom is -0.462 e. The first-order chi connectivity index (χ1) is 30.0. The normalized spacial score (nSPS) is 13.2. The lowest BCUT2D eigenvalue weighted by molar-refractivity contribution is -0.151. The molecule has 0 aromatic heterocycles. The lowest BCUT2D eigenvalue weighted by atomic mass is 10.0. The molecular weight excluding hydrogens is 755 g/mol. The number of hydrogen-bond acceptors (Lipinski definition) is 5. The molecule has 0 aliphatic heterocycles. The number of rotatable bonds is 50. The number of allylic oxidation sites excluding steroid dienone is 2. The van der Waals surface area contributed by atoms with Crippen molar-refractivity contribution in [3.05, 3.63) is 12.2 Å². The third-order valence-electron chi connectivity index (χ3n) is 12.8. The van der Waals surface area contributed by atoms with Gasteiger partial charge in [-0.1, -0.05) is 258 Å². The second kappa shape index (κ2) is 49.6. The highest BCUT2D eigenvalue weighted by molar-refractivity contribution is 5.77. The van der Waals surface area contributed by atoms with Gasteiger partial charge >= 0.3 is 5.97 Å². The molecule has 0 heterocycles. The van der Waals surface area contributed by atoms with Crippen molar-refractivity contribution in [2.75, 3.05) is 6.61 Å².